The predicted octanol–water partition coefficient (Wildman–Crippen LogP) is 1.88. The smallest absolute Gasteiger partial charge is 0.327 e. The van der Waals surface area contributed by atoms with Crippen molar-refractivity contribution in [2.45, 2.75) is 6.42 Å². The summed E-state index contributed by atoms with van der Waals surface area (Å²) < 4.78 is 5.52. The molecule has 1 aliphatic heterocycles. The number of hydrogen-bond donors (Lipinski definition) is 1. The van der Waals surface area contributed by atoms with Gasteiger partial charge in [0.05, 0.1) is 6.61 Å². The van der Waals surface area contributed by atoms with Gasteiger partial charge in [-0.2, -0.15) is 0 Å². The van der Waals surface area contributed by atoms with Crippen molar-refractivity contribution in [2.75, 3.05) is 6.61 Å². The Bertz CT molecular complexity index is 396. The maximum absolute atomic E-state index is 10.4. The Balaban J connectivity index is 2.09. The van der Waals surface area contributed by atoms with E-state index >= 15 is 0 Å². The summed E-state index contributed by atoms with van der Waals surface area (Å²) >= 11 is 0. The second kappa shape index (κ2) is 4.17. The van der Waals surface area contributed by atoms with E-state index in [0.717, 1.165) is 17.7 Å². The minimum Gasteiger partial charge on any atom is -0.493 e. The van der Waals surface area contributed by atoms with E-state index in [1.807, 2.05) is 24.3 Å². The standard InChI is InChI=1S/C12H12O3/c13-12(14)6-5-9-7-10-3-1-2-4-11(10)15-8-9/h1-6,9H,7-8H2,(H,13,14)/b6-5-/t9-/m0/s1. The van der Waals surface area contributed by atoms with E-state index in [4.69, 9.17) is 9.84 Å². The molecule has 0 unspecified atom stereocenters. The maximum atomic E-state index is 10.4. The van der Waals surface area contributed by atoms with Gasteiger partial charge < -0.3 is 9.84 Å². The van der Waals surface area contributed by atoms with Crippen LogP contribution in [0.15, 0.2) is 36.4 Å². The van der Waals surface area contributed by atoms with Crippen LogP contribution in [0, 0.1) is 5.92 Å². The molecule has 0 saturated heterocycles. The number of carboxylic acid groups (broad SMARTS) is 1. The third-order valence-corrected chi connectivity index (χ3v) is 2.42. The molecule has 78 valence electrons. The second-order valence-corrected chi connectivity index (χ2v) is 3.58. The number of rotatable bonds is 2. The average molecular weight is 204 g/mol. The highest BCUT2D eigenvalue weighted by Crippen LogP contribution is 2.27. The van der Waals surface area contributed by atoms with E-state index in [9.17, 15) is 4.79 Å². The SMILES string of the molecule is O=C(O)/C=C\[C@@H]1COc2ccccc2C1. The van der Waals surface area contributed by atoms with Crippen LogP contribution in [0.25, 0.3) is 0 Å². The van der Waals surface area contributed by atoms with E-state index in [-0.39, 0.29) is 5.92 Å². The van der Waals surface area contributed by atoms with Crippen molar-refractivity contribution in [1.82, 2.24) is 0 Å². The molecule has 0 saturated carbocycles. The van der Waals surface area contributed by atoms with Crippen molar-refractivity contribution in [3.05, 3.63) is 42.0 Å². The van der Waals surface area contributed by atoms with Crippen LogP contribution in [-0.2, 0) is 11.2 Å². The van der Waals surface area contributed by atoms with Crippen molar-refractivity contribution in [3.8, 4) is 5.75 Å². The molecule has 0 bridgehead atoms. The molecule has 1 N–H and O–H groups in total. The maximum Gasteiger partial charge on any atom is 0.327 e. The summed E-state index contributed by atoms with van der Waals surface area (Å²) in [7, 11) is 0. The highest BCUT2D eigenvalue weighted by atomic mass is 16.5. The van der Waals surface area contributed by atoms with Gasteiger partial charge in [0.15, 0.2) is 0 Å². The Morgan fingerprint density at radius 2 is 2.27 bits per heavy atom. The van der Waals surface area contributed by atoms with Gasteiger partial charge in [-0.25, -0.2) is 4.79 Å². The van der Waals surface area contributed by atoms with Crippen LogP contribution in [-0.4, -0.2) is 17.7 Å². The fourth-order valence-electron chi connectivity index (χ4n) is 1.69. The van der Waals surface area contributed by atoms with Crippen LogP contribution in [0.1, 0.15) is 5.56 Å². The normalized spacial score (nSPS) is 19.6. The summed E-state index contributed by atoms with van der Waals surface area (Å²) in [6.45, 7) is 0.556. The molecule has 0 aromatic heterocycles. The first-order chi connectivity index (χ1) is 7.25. The minimum atomic E-state index is -0.908. The van der Waals surface area contributed by atoms with Gasteiger partial charge in [0, 0.05) is 12.0 Å². The minimum absolute atomic E-state index is 0.163. The van der Waals surface area contributed by atoms with Crippen molar-refractivity contribution in [2.24, 2.45) is 5.92 Å². The summed E-state index contributed by atoms with van der Waals surface area (Å²) in [5.74, 6) is 0.169. The zero-order valence-corrected chi connectivity index (χ0v) is 8.22. The molecule has 1 atom stereocenters. The monoisotopic (exact) mass is 204 g/mol. The van der Waals surface area contributed by atoms with Gasteiger partial charge in [-0.3, -0.25) is 0 Å². The molecule has 1 aliphatic rings. The lowest BCUT2D eigenvalue weighted by molar-refractivity contribution is -0.131. The number of carboxylic acids is 1. The third kappa shape index (κ3) is 2.37. The molecule has 0 aliphatic carbocycles. The molecule has 3 heteroatoms. The number of hydrogen-bond acceptors (Lipinski definition) is 2. The van der Waals surface area contributed by atoms with Crippen molar-refractivity contribution >= 4 is 5.97 Å². The zero-order chi connectivity index (χ0) is 10.7. The molecule has 0 amide bonds. The van der Waals surface area contributed by atoms with Gasteiger partial charge in [-0.15, -0.1) is 0 Å². The fraction of sp³-hybridized carbons (Fsp3) is 0.250. The number of para-hydroxylation sites is 1. The number of aliphatic carboxylic acids is 1. The molecule has 2 rings (SSSR count). The van der Waals surface area contributed by atoms with Crippen LogP contribution < -0.4 is 4.74 Å². The van der Waals surface area contributed by atoms with Crippen LogP contribution in [0.2, 0.25) is 0 Å². The largest absolute Gasteiger partial charge is 0.493 e. The lowest BCUT2D eigenvalue weighted by Crippen LogP contribution is -2.19. The second-order valence-electron chi connectivity index (χ2n) is 3.58. The van der Waals surface area contributed by atoms with Crippen LogP contribution in [0.5, 0.6) is 5.75 Å². The van der Waals surface area contributed by atoms with Gasteiger partial charge in [-0.1, -0.05) is 24.3 Å². The highest BCUT2D eigenvalue weighted by molar-refractivity contribution is 5.79. The van der Waals surface area contributed by atoms with Crippen molar-refractivity contribution in [3.63, 3.8) is 0 Å². The van der Waals surface area contributed by atoms with Crippen molar-refractivity contribution < 1.29 is 14.6 Å². The van der Waals surface area contributed by atoms with Crippen LogP contribution in [0.3, 0.4) is 0 Å². The molecule has 1 aromatic rings. The molecule has 1 heterocycles. The summed E-state index contributed by atoms with van der Waals surface area (Å²) in [5, 5.41) is 8.51. The summed E-state index contributed by atoms with van der Waals surface area (Å²) in [4.78, 5) is 10.4. The van der Waals surface area contributed by atoms with E-state index in [2.05, 4.69) is 0 Å². The number of carbonyl (C=O) groups is 1. The van der Waals surface area contributed by atoms with E-state index < -0.39 is 5.97 Å². The predicted molar refractivity (Wildman–Crippen MR) is 55.9 cm³/mol. The Morgan fingerprint density at radius 1 is 1.47 bits per heavy atom. The van der Waals surface area contributed by atoms with E-state index in [1.54, 1.807) is 6.08 Å². The number of fused-ring (bicyclic) bond motifs is 1. The molecule has 0 fully saturated rings. The fourth-order valence-corrected chi connectivity index (χ4v) is 1.69. The zero-order valence-electron chi connectivity index (χ0n) is 8.22. The Morgan fingerprint density at radius 3 is 3.07 bits per heavy atom. The highest BCUT2D eigenvalue weighted by Gasteiger charge is 2.16. The molecule has 3 nitrogen and oxygen atoms in total. The quantitative estimate of drug-likeness (QED) is 0.748. The van der Waals surface area contributed by atoms with Crippen LogP contribution in [0.4, 0.5) is 0 Å². The molecular weight excluding hydrogens is 192 g/mol. The molecule has 0 spiro atoms. The first kappa shape index (κ1) is 9.77. The van der Waals surface area contributed by atoms with Gasteiger partial charge in [0.2, 0.25) is 0 Å². The van der Waals surface area contributed by atoms with E-state index in [1.165, 1.54) is 6.08 Å². The van der Waals surface area contributed by atoms with Gasteiger partial charge in [0.1, 0.15) is 5.75 Å². The Kier molecular flexibility index (Phi) is 2.72. The first-order valence-corrected chi connectivity index (χ1v) is 4.87. The summed E-state index contributed by atoms with van der Waals surface area (Å²) in [6.07, 6.45) is 3.72. The lowest BCUT2D eigenvalue weighted by atomic mass is 9.96. The number of benzene rings is 1. The first-order valence-electron chi connectivity index (χ1n) is 4.87. The molecule has 15 heavy (non-hydrogen) atoms. The third-order valence-electron chi connectivity index (χ3n) is 2.42. The van der Waals surface area contributed by atoms with Gasteiger partial charge >= 0.3 is 5.97 Å². The van der Waals surface area contributed by atoms with Crippen molar-refractivity contribution in [1.29, 1.82) is 0 Å². The molecule has 0 radical (unpaired) electrons. The van der Waals surface area contributed by atoms with E-state index in [0.29, 0.717) is 6.61 Å². The Labute approximate surface area is 88.0 Å². The Hall–Kier alpha value is -1.77. The molecular formula is C12H12O3. The van der Waals surface area contributed by atoms with Crippen LogP contribution >= 0.6 is 0 Å². The molecule has 1 aromatic carbocycles. The summed E-state index contributed by atoms with van der Waals surface area (Å²) in [5.41, 5.74) is 1.14. The summed E-state index contributed by atoms with van der Waals surface area (Å²) in [6, 6.07) is 7.85. The number of ether oxygens (including phenoxy) is 1. The van der Waals surface area contributed by atoms with Gasteiger partial charge in [-0.05, 0) is 18.1 Å². The lowest BCUT2D eigenvalue weighted by Gasteiger charge is -2.22. The van der Waals surface area contributed by atoms with Gasteiger partial charge in [0.25, 0.3) is 0 Å². The topological polar surface area (TPSA) is 46.5 Å². The average Bonchev–Trinajstić information content (AvgIpc) is 2.26.